The lowest BCUT2D eigenvalue weighted by molar-refractivity contribution is -0.384. The van der Waals surface area contributed by atoms with Crippen LogP contribution in [0, 0.1) is 10.1 Å². The lowest BCUT2D eigenvalue weighted by Gasteiger charge is -2.17. The van der Waals surface area contributed by atoms with Gasteiger partial charge in [-0.15, -0.1) is 0 Å². The zero-order valence-electron chi connectivity index (χ0n) is 15.1. The van der Waals surface area contributed by atoms with Crippen LogP contribution in [0.1, 0.15) is 6.92 Å². The minimum Gasteiger partial charge on any atom is -0.494 e. The average Bonchev–Trinajstić information content (AvgIpc) is 2.70. The zero-order chi connectivity index (χ0) is 20.3. The molecule has 0 aromatic heterocycles. The number of halogens is 1. The lowest BCUT2D eigenvalue weighted by atomic mass is 10.1. The lowest BCUT2D eigenvalue weighted by Crippen LogP contribution is -2.30. The highest BCUT2D eigenvalue weighted by Gasteiger charge is 2.19. The summed E-state index contributed by atoms with van der Waals surface area (Å²) in [5, 5.41) is 15.8. The smallest absolute Gasteiger partial charge is 0.273 e. The van der Waals surface area contributed by atoms with Crippen molar-refractivity contribution in [2.75, 3.05) is 12.4 Å². The molecule has 0 fully saturated rings. The number of nitro benzene ring substituents is 1. The molecule has 0 heterocycles. The molecule has 28 heavy (non-hydrogen) atoms. The summed E-state index contributed by atoms with van der Waals surface area (Å²) >= 11 is 6.21. The second kappa shape index (κ2) is 8.14. The number of nitro groups is 1. The average molecular weight is 401 g/mol. The number of anilines is 1. The Kier molecular flexibility index (Phi) is 5.65. The Hall–Kier alpha value is -3.32. The summed E-state index contributed by atoms with van der Waals surface area (Å²) in [5.41, 5.74) is 0.182. The van der Waals surface area contributed by atoms with Gasteiger partial charge in [-0.1, -0.05) is 35.9 Å². The van der Waals surface area contributed by atoms with Gasteiger partial charge in [-0.2, -0.15) is 0 Å². The van der Waals surface area contributed by atoms with Gasteiger partial charge in [0.2, 0.25) is 0 Å². The van der Waals surface area contributed by atoms with Gasteiger partial charge in [0.25, 0.3) is 11.6 Å². The molecule has 1 amide bonds. The van der Waals surface area contributed by atoms with Gasteiger partial charge in [-0.3, -0.25) is 14.9 Å². The van der Waals surface area contributed by atoms with Crippen LogP contribution in [0.4, 0.5) is 11.4 Å². The first-order valence-electron chi connectivity index (χ1n) is 8.38. The maximum absolute atomic E-state index is 12.6. The number of non-ortho nitro benzene ring substituents is 1. The van der Waals surface area contributed by atoms with E-state index < -0.39 is 16.9 Å². The molecule has 1 atom stereocenters. The second-order valence-electron chi connectivity index (χ2n) is 5.98. The van der Waals surface area contributed by atoms with Crippen molar-refractivity contribution < 1.29 is 19.2 Å². The first kappa shape index (κ1) is 19.4. The van der Waals surface area contributed by atoms with Crippen LogP contribution in [0.2, 0.25) is 5.02 Å². The number of nitrogens with zero attached hydrogens (tertiary/aromatic N) is 1. The first-order chi connectivity index (χ1) is 13.4. The van der Waals surface area contributed by atoms with E-state index in [1.807, 2.05) is 24.3 Å². The summed E-state index contributed by atoms with van der Waals surface area (Å²) in [6, 6.07) is 14.8. The monoisotopic (exact) mass is 400 g/mol. The number of nitrogens with one attached hydrogen (secondary N) is 1. The topological polar surface area (TPSA) is 90.7 Å². The van der Waals surface area contributed by atoms with Crippen LogP contribution in [0.25, 0.3) is 10.8 Å². The number of hydrogen-bond donors (Lipinski definition) is 1. The largest absolute Gasteiger partial charge is 0.494 e. The quantitative estimate of drug-likeness (QED) is 0.473. The van der Waals surface area contributed by atoms with Gasteiger partial charge in [-0.05, 0) is 25.1 Å². The number of carbonyl (C=O) groups excluding carboxylic acids is 1. The number of amides is 1. The maximum atomic E-state index is 12.6. The number of ether oxygens (including phenoxy) is 2. The van der Waals surface area contributed by atoms with Crippen LogP contribution in [-0.4, -0.2) is 24.0 Å². The highest BCUT2D eigenvalue weighted by molar-refractivity contribution is 6.35. The van der Waals surface area contributed by atoms with Crippen LogP contribution in [0.3, 0.4) is 0 Å². The molecule has 0 aliphatic rings. The van der Waals surface area contributed by atoms with Gasteiger partial charge in [-0.25, -0.2) is 0 Å². The van der Waals surface area contributed by atoms with Gasteiger partial charge in [0.15, 0.2) is 6.10 Å². The molecular formula is C20H17ClN2O5. The van der Waals surface area contributed by atoms with E-state index >= 15 is 0 Å². The molecule has 3 aromatic carbocycles. The molecule has 7 nitrogen and oxygen atoms in total. The first-order valence-corrected chi connectivity index (χ1v) is 8.75. The molecule has 1 N–H and O–H groups in total. The van der Waals surface area contributed by atoms with Crippen molar-refractivity contribution in [3.8, 4) is 11.5 Å². The molecule has 3 rings (SSSR count). The Bertz CT molecular complexity index is 1050. The SMILES string of the molecule is COc1cc([N+](=O)[O-])ccc1NC(=O)[C@@H](C)Oc1ccc(Cl)c2ccccc12. The summed E-state index contributed by atoms with van der Waals surface area (Å²) in [7, 11) is 1.37. The Labute approximate surface area is 166 Å². The van der Waals surface area contributed by atoms with Crippen molar-refractivity contribution in [3.05, 3.63) is 69.7 Å². The minimum atomic E-state index is -0.829. The van der Waals surface area contributed by atoms with E-state index in [0.29, 0.717) is 16.5 Å². The fourth-order valence-corrected chi connectivity index (χ4v) is 2.94. The van der Waals surface area contributed by atoms with E-state index in [0.717, 1.165) is 10.8 Å². The van der Waals surface area contributed by atoms with Crippen molar-refractivity contribution in [3.63, 3.8) is 0 Å². The predicted molar refractivity (Wildman–Crippen MR) is 107 cm³/mol. The van der Waals surface area contributed by atoms with Gasteiger partial charge in [0.1, 0.15) is 11.5 Å². The number of carbonyl (C=O) groups is 1. The van der Waals surface area contributed by atoms with Crippen molar-refractivity contribution in [1.29, 1.82) is 0 Å². The number of hydrogen-bond acceptors (Lipinski definition) is 5. The van der Waals surface area contributed by atoms with E-state index in [9.17, 15) is 14.9 Å². The molecule has 8 heteroatoms. The van der Waals surface area contributed by atoms with Crippen molar-refractivity contribution >= 4 is 39.7 Å². The normalized spacial score (nSPS) is 11.7. The fourth-order valence-electron chi connectivity index (χ4n) is 2.71. The summed E-state index contributed by atoms with van der Waals surface area (Å²) < 4.78 is 11.0. The second-order valence-corrected chi connectivity index (χ2v) is 6.39. The predicted octanol–water partition coefficient (Wildman–Crippen LogP) is 4.82. The number of fused-ring (bicyclic) bond motifs is 1. The third-order valence-corrected chi connectivity index (χ3v) is 4.49. The molecule has 0 saturated carbocycles. The molecule has 3 aromatic rings. The maximum Gasteiger partial charge on any atom is 0.273 e. The van der Waals surface area contributed by atoms with Crippen LogP contribution >= 0.6 is 11.6 Å². The summed E-state index contributed by atoms with van der Waals surface area (Å²) in [4.78, 5) is 22.9. The third-order valence-electron chi connectivity index (χ3n) is 4.16. The third kappa shape index (κ3) is 3.99. The number of methoxy groups -OCH3 is 1. The van der Waals surface area contributed by atoms with Crippen LogP contribution in [-0.2, 0) is 4.79 Å². The summed E-state index contributed by atoms with van der Waals surface area (Å²) in [5.74, 6) is 0.288. The van der Waals surface area contributed by atoms with Gasteiger partial charge < -0.3 is 14.8 Å². The van der Waals surface area contributed by atoms with Crippen molar-refractivity contribution in [2.45, 2.75) is 13.0 Å². The molecule has 0 radical (unpaired) electrons. The van der Waals surface area contributed by atoms with Gasteiger partial charge >= 0.3 is 0 Å². The van der Waals surface area contributed by atoms with E-state index in [2.05, 4.69) is 5.32 Å². The molecule has 0 aliphatic carbocycles. The van der Waals surface area contributed by atoms with Crippen LogP contribution < -0.4 is 14.8 Å². The highest BCUT2D eigenvalue weighted by Crippen LogP contribution is 2.32. The number of benzene rings is 3. The summed E-state index contributed by atoms with van der Waals surface area (Å²) in [6.07, 6.45) is -0.829. The van der Waals surface area contributed by atoms with Gasteiger partial charge in [0.05, 0.1) is 23.8 Å². The van der Waals surface area contributed by atoms with E-state index in [1.54, 1.807) is 19.1 Å². The molecule has 0 unspecified atom stereocenters. The molecule has 0 saturated heterocycles. The Morgan fingerprint density at radius 3 is 2.50 bits per heavy atom. The molecule has 0 aliphatic heterocycles. The van der Waals surface area contributed by atoms with Crippen molar-refractivity contribution in [1.82, 2.24) is 0 Å². The standard InChI is InChI=1S/C20H17ClN2O5/c1-12(28-18-10-8-16(21)14-5-3-4-6-15(14)18)20(24)22-17-9-7-13(23(25)26)11-19(17)27-2/h3-12H,1-2H3,(H,22,24)/t12-/m1/s1. The molecule has 0 bridgehead atoms. The van der Waals surface area contributed by atoms with E-state index in [-0.39, 0.29) is 11.4 Å². The molecule has 0 spiro atoms. The Morgan fingerprint density at radius 1 is 1.11 bits per heavy atom. The van der Waals surface area contributed by atoms with Crippen LogP contribution in [0.5, 0.6) is 11.5 Å². The van der Waals surface area contributed by atoms with E-state index in [4.69, 9.17) is 21.1 Å². The van der Waals surface area contributed by atoms with E-state index in [1.165, 1.54) is 25.3 Å². The van der Waals surface area contributed by atoms with Gasteiger partial charge in [0, 0.05) is 21.9 Å². The zero-order valence-corrected chi connectivity index (χ0v) is 15.9. The molecule has 144 valence electrons. The number of rotatable bonds is 6. The minimum absolute atomic E-state index is 0.133. The highest BCUT2D eigenvalue weighted by atomic mass is 35.5. The fraction of sp³-hybridized carbons (Fsp3) is 0.150. The Morgan fingerprint density at radius 2 is 1.82 bits per heavy atom. The van der Waals surface area contributed by atoms with Crippen molar-refractivity contribution in [2.24, 2.45) is 0 Å². The summed E-state index contributed by atoms with van der Waals surface area (Å²) in [6.45, 7) is 1.61. The Balaban J connectivity index is 1.79. The van der Waals surface area contributed by atoms with Crippen LogP contribution in [0.15, 0.2) is 54.6 Å². The molecular weight excluding hydrogens is 384 g/mol.